The van der Waals surface area contributed by atoms with Gasteiger partial charge in [0.1, 0.15) is 6.61 Å². The normalized spacial score (nSPS) is 23.4. The molecule has 1 N–H and O–H groups in total. The summed E-state index contributed by atoms with van der Waals surface area (Å²) in [6.45, 7) is 2.06. The molecule has 0 aromatic heterocycles. The summed E-state index contributed by atoms with van der Waals surface area (Å²) in [6.07, 6.45) is 2.42. The van der Waals surface area contributed by atoms with Gasteiger partial charge in [-0.2, -0.15) is 0 Å². The number of methoxy groups -OCH3 is 1. The predicted octanol–water partition coefficient (Wildman–Crippen LogP) is -0.157. The fourth-order valence-corrected chi connectivity index (χ4v) is 1.65. The van der Waals surface area contributed by atoms with E-state index in [1.165, 1.54) is 20.0 Å². The second-order valence-corrected chi connectivity index (χ2v) is 3.51. The van der Waals surface area contributed by atoms with E-state index in [0.29, 0.717) is 6.04 Å². The zero-order valence-electron chi connectivity index (χ0n) is 8.38. The van der Waals surface area contributed by atoms with Crippen molar-refractivity contribution in [3.05, 3.63) is 0 Å². The Bertz CT molecular complexity index is 173. The van der Waals surface area contributed by atoms with Crippen LogP contribution in [0.3, 0.4) is 0 Å². The number of amides is 1. The van der Waals surface area contributed by atoms with Crippen LogP contribution in [0.25, 0.3) is 0 Å². The second-order valence-electron chi connectivity index (χ2n) is 3.51. The van der Waals surface area contributed by atoms with Gasteiger partial charge >= 0.3 is 0 Å². The molecule has 4 heteroatoms. The van der Waals surface area contributed by atoms with E-state index in [2.05, 4.69) is 17.3 Å². The molecule has 1 fully saturated rings. The topological polar surface area (TPSA) is 41.6 Å². The first-order chi connectivity index (χ1) is 6.24. The monoisotopic (exact) mass is 186 g/mol. The number of carbonyl (C=O) groups excluding carboxylic acids is 1. The maximum atomic E-state index is 11.1. The van der Waals surface area contributed by atoms with Crippen molar-refractivity contribution < 1.29 is 9.53 Å². The molecule has 0 aliphatic carbocycles. The van der Waals surface area contributed by atoms with E-state index in [1.54, 1.807) is 0 Å². The number of carbonyl (C=O) groups is 1. The van der Waals surface area contributed by atoms with Crippen LogP contribution in [0, 0.1) is 0 Å². The van der Waals surface area contributed by atoms with Gasteiger partial charge in [-0.15, -0.1) is 0 Å². The number of nitrogens with zero attached hydrogens (tertiary/aromatic N) is 1. The molecule has 0 radical (unpaired) electrons. The molecule has 1 heterocycles. The maximum absolute atomic E-state index is 11.1. The summed E-state index contributed by atoms with van der Waals surface area (Å²) in [4.78, 5) is 13.3. The molecule has 1 saturated heterocycles. The van der Waals surface area contributed by atoms with E-state index < -0.39 is 0 Å². The molecule has 1 unspecified atom stereocenters. The van der Waals surface area contributed by atoms with E-state index in [1.807, 2.05) is 0 Å². The van der Waals surface area contributed by atoms with Crippen LogP contribution in [0.15, 0.2) is 0 Å². The first-order valence-electron chi connectivity index (χ1n) is 4.70. The standard InChI is InChI=1S/C9H18N2O2/c1-11-5-3-4-8(11)6-10-9(12)7-13-2/h8H,3-7H2,1-2H3,(H,10,12). The lowest BCUT2D eigenvalue weighted by atomic mass is 10.2. The van der Waals surface area contributed by atoms with Crippen LogP contribution < -0.4 is 5.32 Å². The fraction of sp³-hybridized carbons (Fsp3) is 0.889. The lowest BCUT2D eigenvalue weighted by molar-refractivity contribution is -0.124. The quantitative estimate of drug-likeness (QED) is 0.663. The van der Waals surface area contributed by atoms with Gasteiger partial charge in [-0.25, -0.2) is 0 Å². The number of ether oxygens (including phenoxy) is 1. The van der Waals surface area contributed by atoms with E-state index in [-0.39, 0.29) is 12.5 Å². The highest BCUT2D eigenvalue weighted by Gasteiger charge is 2.20. The first-order valence-corrected chi connectivity index (χ1v) is 4.70. The fourth-order valence-electron chi connectivity index (χ4n) is 1.65. The van der Waals surface area contributed by atoms with Crippen molar-refractivity contribution in [2.45, 2.75) is 18.9 Å². The third-order valence-corrected chi connectivity index (χ3v) is 2.48. The van der Waals surface area contributed by atoms with Crippen molar-refractivity contribution in [1.82, 2.24) is 10.2 Å². The van der Waals surface area contributed by atoms with Gasteiger partial charge in [0.05, 0.1) is 0 Å². The van der Waals surface area contributed by atoms with Gasteiger partial charge in [0.25, 0.3) is 0 Å². The van der Waals surface area contributed by atoms with Crippen molar-refractivity contribution in [3.8, 4) is 0 Å². The number of hydrogen-bond acceptors (Lipinski definition) is 3. The molecule has 0 saturated carbocycles. The van der Waals surface area contributed by atoms with Crippen LogP contribution >= 0.6 is 0 Å². The molecule has 1 atom stereocenters. The molecule has 0 bridgehead atoms. The summed E-state index contributed by atoms with van der Waals surface area (Å²) in [5.41, 5.74) is 0. The Morgan fingerprint density at radius 1 is 1.69 bits per heavy atom. The third-order valence-electron chi connectivity index (χ3n) is 2.48. The number of hydrogen-bond donors (Lipinski definition) is 1. The maximum Gasteiger partial charge on any atom is 0.246 e. The highest BCUT2D eigenvalue weighted by molar-refractivity contribution is 5.77. The van der Waals surface area contributed by atoms with E-state index in [0.717, 1.165) is 13.1 Å². The molecule has 1 rings (SSSR count). The molecule has 1 amide bonds. The average Bonchev–Trinajstić information content (AvgIpc) is 2.48. The summed E-state index contributed by atoms with van der Waals surface area (Å²) in [5, 5.41) is 2.85. The first kappa shape index (κ1) is 10.5. The SMILES string of the molecule is COCC(=O)NCC1CCCN1C. The third kappa shape index (κ3) is 3.32. The van der Waals surface area contributed by atoms with Crippen LogP contribution in [0.2, 0.25) is 0 Å². The minimum Gasteiger partial charge on any atom is -0.375 e. The van der Waals surface area contributed by atoms with Crippen LogP contribution in [0.4, 0.5) is 0 Å². The van der Waals surface area contributed by atoms with Crippen molar-refractivity contribution in [2.24, 2.45) is 0 Å². The van der Waals surface area contributed by atoms with Gasteiger partial charge in [-0.3, -0.25) is 4.79 Å². The second kappa shape index (κ2) is 5.19. The molecule has 0 aromatic rings. The lowest BCUT2D eigenvalue weighted by Gasteiger charge is -2.19. The van der Waals surface area contributed by atoms with Crippen LogP contribution in [-0.2, 0) is 9.53 Å². The number of likely N-dealkylation sites (tertiary alicyclic amines) is 1. The van der Waals surface area contributed by atoms with Crippen molar-refractivity contribution >= 4 is 5.91 Å². The van der Waals surface area contributed by atoms with Crippen molar-refractivity contribution in [2.75, 3.05) is 33.9 Å². The van der Waals surface area contributed by atoms with Crippen molar-refractivity contribution in [3.63, 3.8) is 0 Å². The number of rotatable bonds is 4. The van der Waals surface area contributed by atoms with Crippen LogP contribution in [0.5, 0.6) is 0 Å². The Morgan fingerprint density at radius 2 is 2.46 bits per heavy atom. The minimum absolute atomic E-state index is 0.0252. The van der Waals surface area contributed by atoms with E-state index in [9.17, 15) is 4.79 Å². The molecule has 13 heavy (non-hydrogen) atoms. The summed E-state index contributed by atoms with van der Waals surface area (Å²) in [5.74, 6) is -0.0252. The Kier molecular flexibility index (Phi) is 4.18. The highest BCUT2D eigenvalue weighted by atomic mass is 16.5. The molecule has 0 aromatic carbocycles. The largest absolute Gasteiger partial charge is 0.375 e. The molecule has 1 aliphatic rings. The lowest BCUT2D eigenvalue weighted by Crippen LogP contribution is -2.39. The number of likely N-dealkylation sites (N-methyl/N-ethyl adjacent to an activating group) is 1. The minimum atomic E-state index is -0.0252. The Labute approximate surface area is 79.2 Å². The predicted molar refractivity (Wildman–Crippen MR) is 50.5 cm³/mol. The molecule has 4 nitrogen and oxygen atoms in total. The average molecular weight is 186 g/mol. The van der Waals surface area contributed by atoms with Gasteiger partial charge < -0.3 is 15.0 Å². The molecule has 76 valence electrons. The summed E-state index contributed by atoms with van der Waals surface area (Å²) in [6, 6.07) is 0.515. The summed E-state index contributed by atoms with van der Waals surface area (Å²) >= 11 is 0. The molecular weight excluding hydrogens is 168 g/mol. The summed E-state index contributed by atoms with van der Waals surface area (Å²) < 4.78 is 4.72. The zero-order chi connectivity index (χ0) is 9.68. The van der Waals surface area contributed by atoms with Crippen molar-refractivity contribution in [1.29, 1.82) is 0 Å². The van der Waals surface area contributed by atoms with Gasteiger partial charge in [0, 0.05) is 19.7 Å². The van der Waals surface area contributed by atoms with E-state index >= 15 is 0 Å². The zero-order valence-corrected chi connectivity index (χ0v) is 8.38. The van der Waals surface area contributed by atoms with Crippen LogP contribution in [0.1, 0.15) is 12.8 Å². The van der Waals surface area contributed by atoms with Gasteiger partial charge in [-0.05, 0) is 26.4 Å². The summed E-state index contributed by atoms with van der Waals surface area (Å²) in [7, 11) is 3.63. The number of nitrogens with one attached hydrogen (secondary N) is 1. The smallest absolute Gasteiger partial charge is 0.246 e. The van der Waals surface area contributed by atoms with Gasteiger partial charge in [0.15, 0.2) is 0 Å². The van der Waals surface area contributed by atoms with Gasteiger partial charge in [-0.1, -0.05) is 0 Å². The Morgan fingerprint density at radius 3 is 3.00 bits per heavy atom. The van der Waals surface area contributed by atoms with Gasteiger partial charge in [0.2, 0.25) is 5.91 Å². The Balaban J connectivity index is 2.14. The Hall–Kier alpha value is -0.610. The van der Waals surface area contributed by atoms with E-state index in [4.69, 9.17) is 4.74 Å². The molecular formula is C9H18N2O2. The highest BCUT2D eigenvalue weighted by Crippen LogP contribution is 2.13. The van der Waals surface area contributed by atoms with Crippen LogP contribution in [-0.4, -0.2) is 50.7 Å². The molecule has 0 spiro atoms. The molecule has 1 aliphatic heterocycles.